The number of amides is 2. The number of aliphatic carboxylic acids is 1. The molecule has 0 aromatic heterocycles. The van der Waals surface area contributed by atoms with Crippen LogP contribution in [0.5, 0.6) is 0 Å². The van der Waals surface area contributed by atoms with Crippen molar-refractivity contribution in [3.63, 3.8) is 0 Å². The largest absolute Gasteiger partial charge is 0.480 e. The molecule has 0 bridgehead atoms. The van der Waals surface area contributed by atoms with Gasteiger partial charge in [0.2, 0.25) is 11.8 Å². The summed E-state index contributed by atoms with van der Waals surface area (Å²) in [5, 5.41) is 22.7. The number of nitrogens with one attached hydrogen (secondary N) is 2. The smallest absolute Gasteiger partial charge is 0.326 e. The van der Waals surface area contributed by atoms with Crippen LogP contribution in [0.4, 0.5) is 0 Å². The standard InChI is InChI=1S/C12H22N2O5/c1-6(2)10(12(18)19)14-11(17)8(4)13-9(16)5-7(3)15/h6-8,10,15H,5H2,1-4H3,(H,13,16)(H,14,17)(H,18,19)/t7?,8-,10-/m0/s1. The van der Waals surface area contributed by atoms with Crippen molar-refractivity contribution in [1.29, 1.82) is 0 Å². The molecule has 19 heavy (non-hydrogen) atoms. The molecule has 7 nitrogen and oxygen atoms in total. The highest BCUT2D eigenvalue weighted by Gasteiger charge is 2.26. The Kier molecular flexibility index (Phi) is 7.06. The zero-order valence-electron chi connectivity index (χ0n) is 11.6. The zero-order valence-corrected chi connectivity index (χ0v) is 11.6. The number of carbonyl (C=O) groups is 3. The first kappa shape index (κ1) is 17.4. The Morgan fingerprint density at radius 1 is 1.05 bits per heavy atom. The third-order valence-corrected chi connectivity index (χ3v) is 2.48. The monoisotopic (exact) mass is 274 g/mol. The summed E-state index contributed by atoms with van der Waals surface area (Å²) in [4.78, 5) is 34.0. The lowest BCUT2D eigenvalue weighted by atomic mass is 10.0. The molecule has 0 aliphatic heterocycles. The van der Waals surface area contributed by atoms with Gasteiger partial charge < -0.3 is 20.8 Å². The van der Waals surface area contributed by atoms with Crippen LogP contribution in [0.1, 0.15) is 34.1 Å². The Morgan fingerprint density at radius 2 is 1.58 bits per heavy atom. The predicted octanol–water partition coefficient (Wildman–Crippen LogP) is -0.513. The minimum Gasteiger partial charge on any atom is -0.480 e. The number of carboxylic acid groups (broad SMARTS) is 1. The number of aliphatic hydroxyl groups excluding tert-OH is 1. The van der Waals surface area contributed by atoms with Gasteiger partial charge >= 0.3 is 5.97 Å². The van der Waals surface area contributed by atoms with Crippen molar-refractivity contribution in [2.45, 2.75) is 52.3 Å². The van der Waals surface area contributed by atoms with Crippen LogP contribution in [0.2, 0.25) is 0 Å². The van der Waals surface area contributed by atoms with Crippen molar-refractivity contribution in [2.75, 3.05) is 0 Å². The van der Waals surface area contributed by atoms with Gasteiger partial charge in [-0.1, -0.05) is 13.8 Å². The third kappa shape index (κ3) is 6.76. The summed E-state index contributed by atoms with van der Waals surface area (Å²) in [6.45, 7) is 6.27. The van der Waals surface area contributed by atoms with Crippen LogP contribution >= 0.6 is 0 Å². The van der Waals surface area contributed by atoms with Gasteiger partial charge in [0, 0.05) is 0 Å². The first-order chi connectivity index (χ1) is 8.65. The number of carboxylic acids is 1. The molecule has 0 saturated carbocycles. The Bertz CT molecular complexity index is 341. The second-order valence-electron chi connectivity index (χ2n) is 4.91. The quantitative estimate of drug-likeness (QED) is 0.499. The average molecular weight is 274 g/mol. The highest BCUT2D eigenvalue weighted by Crippen LogP contribution is 2.02. The van der Waals surface area contributed by atoms with E-state index >= 15 is 0 Å². The molecule has 7 heteroatoms. The fourth-order valence-corrected chi connectivity index (χ4v) is 1.43. The summed E-state index contributed by atoms with van der Waals surface area (Å²) >= 11 is 0. The van der Waals surface area contributed by atoms with Crippen LogP contribution < -0.4 is 10.6 Å². The first-order valence-corrected chi connectivity index (χ1v) is 6.15. The van der Waals surface area contributed by atoms with E-state index < -0.39 is 36.0 Å². The van der Waals surface area contributed by atoms with Crippen molar-refractivity contribution in [1.82, 2.24) is 10.6 Å². The van der Waals surface area contributed by atoms with E-state index in [2.05, 4.69) is 10.6 Å². The number of hydrogen-bond acceptors (Lipinski definition) is 4. The van der Waals surface area contributed by atoms with E-state index in [0.29, 0.717) is 0 Å². The summed E-state index contributed by atoms with van der Waals surface area (Å²) in [6, 6.07) is -1.85. The highest BCUT2D eigenvalue weighted by atomic mass is 16.4. The minimum atomic E-state index is -1.12. The maximum absolute atomic E-state index is 11.7. The average Bonchev–Trinajstić information content (AvgIpc) is 2.22. The summed E-state index contributed by atoms with van der Waals surface area (Å²) in [6.07, 6.45) is -0.901. The minimum absolute atomic E-state index is 0.107. The van der Waals surface area contributed by atoms with Gasteiger partial charge in [0.25, 0.3) is 0 Å². The summed E-state index contributed by atoms with van der Waals surface area (Å²) in [7, 11) is 0. The topological polar surface area (TPSA) is 116 Å². The lowest BCUT2D eigenvalue weighted by Gasteiger charge is -2.21. The number of hydrogen-bond donors (Lipinski definition) is 4. The SMILES string of the molecule is CC(O)CC(=O)N[C@@H](C)C(=O)N[C@H](C(=O)O)C(C)C. The highest BCUT2D eigenvalue weighted by molar-refractivity contribution is 5.90. The second kappa shape index (κ2) is 7.73. The van der Waals surface area contributed by atoms with Crippen LogP contribution in [-0.4, -0.2) is 46.2 Å². The van der Waals surface area contributed by atoms with Gasteiger partial charge in [-0.3, -0.25) is 9.59 Å². The van der Waals surface area contributed by atoms with E-state index in [1.54, 1.807) is 13.8 Å². The fourth-order valence-electron chi connectivity index (χ4n) is 1.43. The van der Waals surface area contributed by atoms with E-state index in [0.717, 1.165) is 0 Å². The Balaban J connectivity index is 4.41. The summed E-state index contributed by atoms with van der Waals surface area (Å²) < 4.78 is 0. The predicted molar refractivity (Wildman–Crippen MR) is 68.3 cm³/mol. The molecule has 4 N–H and O–H groups in total. The van der Waals surface area contributed by atoms with Gasteiger partial charge in [0.05, 0.1) is 12.5 Å². The van der Waals surface area contributed by atoms with E-state index in [9.17, 15) is 14.4 Å². The van der Waals surface area contributed by atoms with Crippen molar-refractivity contribution < 1.29 is 24.6 Å². The van der Waals surface area contributed by atoms with Gasteiger partial charge in [0.1, 0.15) is 12.1 Å². The summed E-state index contributed by atoms with van der Waals surface area (Å²) in [5.41, 5.74) is 0. The molecule has 0 rings (SSSR count). The fraction of sp³-hybridized carbons (Fsp3) is 0.750. The molecular weight excluding hydrogens is 252 g/mol. The van der Waals surface area contributed by atoms with Gasteiger partial charge in [-0.2, -0.15) is 0 Å². The van der Waals surface area contributed by atoms with Gasteiger partial charge in [-0.25, -0.2) is 4.79 Å². The molecule has 3 atom stereocenters. The molecular formula is C12H22N2O5. The van der Waals surface area contributed by atoms with Crippen molar-refractivity contribution >= 4 is 17.8 Å². The van der Waals surface area contributed by atoms with Crippen molar-refractivity contribution in [2.24, 2.45) is 5.92 Å². The molecule has 0 radical (unpaired) electrons. The molecule has 0 saturated heterocycles. The Labute approximate surface area is 112 Å². The molecule has 0 fully saturated rings. The van der Waals surface area contributed by atoms with E-state index in [-0.39, 0.29) is 12.3 Å². The van der Waals surface area contributed by atoms with Crippen molar-refractivity contribution in [3.8, 4) is 0 Å². The normalized spacial score (nSPS) is 15.5. The van der Waals surface area contributed by atoms with Gasteiger partial charge in [-0.05, 0) is 19.8 Å². The van der Waals surface area contributed by atoms with Crippen LogP contribution in [0.3, 0.4) is 0 Å². The van der Waals surface area contributed by atoms with E-state index in [1.807, 2.05) is 0 Å². The lowest BCUT2D eigenvalue weighted by Crippen LogP contribution is -2.52. The van der Waals surface area contributed by atoms with Crippen LogP contribution in [0, 0.1) is 5.92 Å². The molecule has 0 spiro atoms. The molecule has 0 aromatic rings. The van der Waals surface area contributed by atoms with Crippen LogP contribution in [-0.2, 0) is 14.4 Å². The second-order valence-corrected chi connectivity index (χ2v) is 4.91. The number of rotatable bonds is 7. The molecule has 0 aliphatic carbocycles. The zero-order chi connectivity index (χ0) is 15.2. The van der Waals surface area contributed by atoms with Gasteiger partial charge in [0.15, 0.2) is 0 Å². The van der Waals surface area contributed by atoms with Crippen LogP contribution in [0.25, 0.3) is 0 Å². The maximum Gasteiger partial charge on any atom is 0.326 e. The molecule has 0 aromatic carbocycles. The van der Waals surface area contributed by atoms with Crippen molar-refractivity contribution in [3.05, 3.63) is 0 Å². The van der Waals surface area contributed by atoms with Gasteiger partial charge in [-0.15, -0.1) is 0 Å². The Hall–Kier alpha value is -1.63. The maximum atomic E-state index is 11.7. The van der Waals surface area contributed by atoms with E-state index in [1.165, 1.54) is 13.8 Å². The lowest BCUT2D eigenvalue weighted by molar-refractivity contribution is -0.143. The summed E-state index contributed by atoms with van der Waals surface area (Å²) in [5.74, 6) is -2.42. The molecule has 0 aliphatic rings. The van der Waals surface area contributed by atoms with Crippen LogP contribution in [0.15, 0.2) is 0 Å². The first-order valence-electron chi connectivity index (χ1n) is 6.15. The third-order valence-electron chi connectivity index (χ3n) is 2.48. The molecule has 110 valence electrons. The molecule has 2 amide bonds. The number of carbonyl (C=O) groups excluding carboxylic acids is 2. The molecule has 0 heterocycles. The van der Waals surface area contributed by atoms with E-state index in [4.69, 9.17) is 10.2 Å². The molecule has 1 unspecified atom stereocenters. The Morgan fingerprint density at radius 3 is 1.95 bits per heavy atom. The number of aliphatic hydroxyl groups is 1.